The fraction of sp³-hybridized carbons (Fsp3) is 0.833. The summed E-state index contributed by atoms with van der Waals surface area (Å²) in [4.78, 5) is 0. The zero-order valence-electron chi connectivity index (χ0n) is 10.5. The van der Waals surface area contributed by atoms with E-state index in [1.54, 1.807) is 0 Å². The Morgan fingerprint density at radius 3 is 2.85 bits per heavy atom. The van der Waals surface area contributed by atoms with Crippen molar-refractivity contribution in [3.63, 3.8) is 0 Å². The second-order valence-corrected chi connectivity index (χ2v) is 7.72. The molecule has 3 aliphatic carbocycles. The van der Waals surface area contributed by atoms with Crippen LogP contribution < -0.4 is 0 Å². The number of halogens is 2. The van der Waals surface area contributed by atoms with Crippen molar-refractivity contribution < 1.29 is 31.2 Å². The quantitative estimate of drug-likeness (QED) is 0.471. The largest absolute Gasteiger partial charge is 0.338 e. The number of hydrogen-bond acceptors (Lipinski definition) is 4. The van der Waals surface area contributed by atoms with Crippen LogP contribution in [0.15, 0.2) is 11.6 Å². The third kappa shape index (κ3) is 1.85. The maximum atomic E-state index is 13.6. The van der Waals surface area contributed by atoms with E-state index in [4.69, 9.17) is 14.0 Å². The van der Waals surface area contributed by atoms with Gasteiger partial charge in [0.05, 0.1) is 5.60 Å². The van der Waals surface area contributed by atoms with Gasteiger partial charge in [-0.1, -0.05) is 11.6 Å². The molecule has 3 fully saturated rings. The van der Waals surface area contributed by atoms with Gasteiger partial charge in [-0.15, -0.1) is 0 Å². The average molecular weight is 308 g/mol. The SMILES string of the molecule is O=S(=O)(O)CC(F)(F)C1OC1OC12C=C3CC(CC31)C2. The van der Waals surface area contributed by atoms with Gasteiger partial charge in [-0.3, -0.25) is 4.55 Å². The van der Waals surface area contributed by atoms with Crippen LogP contribution in [0.25, 0.3) is 0 Å². The summed E-state index contributed by atoms with van der Waals surface area (Å²) >= 11 is 0. The summed E-state index contributed by atoms with van der Waals surface area (Å²) in [5.74, 6) is -4.36. The van der Waals surface area contributed by atoms with Gasteiger partial charge in [-0.2, -0.15) is 8.42 Å². The Kier molecular flexibility index (Phi) is 2.36. The maximum Gasteiger partial charge on any atom is 0.294 e. The predicted octanol–water partition coefficient (Wildman–Crippen LogP) is 1.36. The van der Waals surface area contributed by atoms with Crippen LogP contribution in [0.3, 0.4) is 0 Å². The van der Waals surface area contributed by atoms with Gasteiger partial charge in [0.25, 0.3) is 16.0 Å². The molecule has 1 heterocycles. The van der Waals surface area contributed by atoms with Crippen molar-refractivity contribution in [3.8, 4) is 0 Å². The zero-order valence-corrected chi connectivity index (χ0v) is 11.3. The molecule has 0 radical (unpaired) electrons. The van der Waals surface area contributed by atoms with Crippen molar-refractivity contribution in [2.75, 3.05) is 5.75 Å². The topological polar surface area (TPSA) is 76.1 Å². The van der Waals surface area contributed by atoms with Gasteiger partial charge in [-0.25, -0.2) is 8.78 Å². The second kappa shape index (κ2) is 3.60. The number of hydrogen-bond donors (Lipinski definition) is 1. The number of fused-ring (bicyclic) bond motifs is 1. The van der Waals surface area contributed by atoms with Crippen LogP contribution in [0.2, 0.25) is 0 Å². The Bertz CT molecular complexity index is 601. The van der Waals surface area contributed by atoms with Gasteiger partial charge >= 0.3 is 0 Å². The van der Waals surface area contributed by atoms with Crippen molar-refractivity contribution in [3.05, 3.63) is 11.6 Å². The molecule has 2 bridgehead atoms. The molecule has 5 unspecified atom stereocenters. The van der Waals surface area contributed by atoms with E-state index in [1.807, 2.05) is 6.08 Å². The minimum absolute atomic E-state index is 0.326. The third-order valence-corrected chi connectivity index (χ3v) is 5.50. The first-order chi connectivity index (χ1) is 9.19. The minimum atomic E-state index is -4.75. The van der Waals surface area contributed by atoms with Crippen LogP contribution >= 0.6 is 0 Å². The van der Waals surface area contributed by atoms with E-state index < -0.39 is 39.8 Å². The highest BCUT2D eigenvalue weighted by Crippen LogP contribution is 2.64. The third-order valence-electron chi connectivity index (χ3n) is 4.75. The van der Waals surface area contributed by atoms with E-state index in [1.165, 1.54) is 5.57 Å². The molecule has 0 aromatic carbocycles. The first-order valence-electron chi connectivity index (χ1n) is 6.56. The Morgan fingerprint density at radius 2 is 2.30 bits per heavy atom. The van der Waals surface area contributed by atoms with Crippen molar-refractivity contribution in [2.45, 2.75) is 43.2 Å². The number of ether oxygens (including phenoxy) is 2. The molecule has 8 heteroatoms. The highest BCUT2D eigenvalue weighted by Gasteiger charge is 2.66. The molecule has 4 aliphatic rings. The number of rotatable bonds is 5. The van der Waals surface area contributed by atoms with Crippen molar-refractivity contribution in [2.24, 2.45) is 11.8 Å². The summed E-state index contributed by atoms with van der Waals surface area (Å²) in [6, 6.07) is 0. The maximum absolute atomic E-state index is 13.6. The normalized spacial score (nSPS) is 45.2. The molecule has 5 atom stereocenters. The van der Waals surface area contributed by atoms with Gasteiger partial charge in [0.2, 0.25) is 0 Å². The summed E-state index contributed by atoms with van der Waals surface area (Å²) in [6.07, 6.45) is 2.30. The Morgan fingerprint density at radius 1 is 1.55 bits per heavy atom. The molecule has 1 saturated heterocycles. The summed E-state index contributed by atoms with van der Waals surface area (Å²) in [5.41, 5.74) is 0.884. The van der Waals surface area contributed by atoms with E-state index >= 15 is 0 Å². The van der Waals surface area contributed by atoms with Crippen LogP contribution in [0.5, 0.6) is 0 Å². The van der Waals surface area contributed by atoms with Crippen LogP contribution in [0.1, 0.15) is 19.3 Å². The Labute approximate surface area is 114 Å². The van der Waals surface area contributed by atoms with E-state index in [-0.39, 0.29) is 0 Å². The molecule has 0 amide bonds. The number of alkyl halides is 2. The highest BCUT2D eigenvalue weighted by atomic mass is 32.2. The molecule has 1 N–H and O–H groups in total. The van der Waals surface area contributed by atoms with Crippen LogP contribution in [0.4, 0.5) is 8.78 Å². The smallest absolute Gasteiger partial charge is 0.294 e. The summed E-state index contributed by atoms with van der Waals surface area (Å²) < 4.78 is 67.3. The van der Waals surface area contributed by atoms with Crippen LogP contribution in [-0.2, 0) is 19.6 Å². The molecule has 1 aliphatic heterocycles. The fourth-order valence-electron chi connectivity index (χ4n) is 4.04. The highest BCUT2D eigenvalue weighted by molar-refractivity contribution is 7.85. The van der Waals surface area contributed by atoms with Crippen molar-refractivity contribution in [1.29, 1.82) is 0 Å². The molecule has 5 nitrogen and oxygen atoms in total. The van der Waals surface area contributed by atoms with Crippen LogP contribution in [-0.4, -0.2) is 42.6 Å². The van der Waals surface area contributed by atoms with Crippen molar-refractivity contribution in [1.82, 2.24) is 0 Å². The lowest BCUT2D eigenvalue weighted by molar-refractivity contribution is -0.0982. The Balaban J connectivity index is 1.42. The molecule has 20 heavy (non-hydrogen) atoms. The molecule has 0 aromatic heterocycles. The molecule has 0 aromatic rings. The summed E-state index contributed by atoms with van der Waals surface area (Å²) in [5, 5.41) is 0. The van der Waals surface area contributed by atoms with Gasteiger partial charge < -0.3 is 9.47 Å². The zero-order chi connectivity index (χ0) is 14.3. The van der Waals surface area contributed by atoms with E-state index in [0.717, 1.165) is 19.3 Å². The van der Waals surface area contributed by atoms with Gasteiger partial charge in [-0.05, 0) is 25.2 Å². The van der Waals surface area contributed by atoms with Crippen molar-refractivity contribution >= 4 is 10.1 Å². The monoisotopic (exact) mass is 308 g/mol. The lowest BCUT2D eigenvalue weighted by atomic mass is 9.69. The standard InChI is InChI=1S/C12H14F2O5S/c13-12(14,5-20(15,16)17)9-10(18-9)19-11-3-6-1-7(4-11)8(11)2-6/h4,6,8-10H,1-3,5H2,(H,15,16,17). The van der Waals surface area contributed by atoms with Crippen LogP contribution in [0, 0.1) is 11.8 Å². The van der Waals surface area contributed by atoms with Gasteiger partial charge in [0.15, 0.2) is 12.4 Å². The molecule has 0 spiro atoms. The lowest BCUT2D eigenvalue weighted by Gasteiger charge is -2.44. The number of epoxide rings is 1. The second-order valence-electron chi connectivity index (χ2n) is 6.27. The van der Waals surface area contributed by atoms with E-state index in [0.29, 0.717) is 11.8 Å². The molecular weight excluding hydrogens is 294 g/mol. The summed E-state index contributed by atoms with van der Waals surface area (Å²) in [7, 11) is -4.75. The molecule has 4 rings (SSSR count). The summed E-state index contributed by atoms with van der Waals surface area (Å²) in [6.45, 7) is 0. The lowest BCUT2D eigenvalue weighted by Crippen LogP contribution is -2.47. The minimum Gasteiger partial charge on any atom is -0.338 e. The molecular formula is C12H14F2O5S. The Hall–Kier alpha value is -0.570. The van der Waals surface area contributed by atoms with Gasteiger partial charge in [0.1, 0.15) is 5.75 Å². The van der Waals surface area contributed by atoms with Gasteiger partial charge in [0, 0.05) is 5.92 Å². The first kappa shape index (κ1) is 13.1. The molecule has 2 saturated carbocycles. The average Bonchev–Trinajstić information content (AvgIpc) is 2.89. The predicted molar refractivity (Wildman–Crippen MR) is 62.8 cm³/mol. The van der Waals surface area contributed by atoms with E-state index in [2.05, 4.69) is 0 Å². The first-order valence-corrected chi connectivity index (χ1v) is 8.17. The fourth-order valence-corrected chi connectivity index (χ4v) is 4.69. The molecule has 112 valence electrons. The van der Waals surface area contributed by atoms with E-state index in [9.17, 15) is 17.2 Å².